The van der Waals surface area contributed by atoms with Gasteiger partial charge in [-0.25, -0.2) is 0 Å². The average molecular weight is 678 g/mol. The molecule has 2 N–H and O–H groups in total. The Bertz CT molecular complexity index is 1360. The molecule has 2 aliphatic carbocycles. The largest absolute Gasteiger partial charge is 0 e. The van der Waals surface area contributed by atoms with Crippen molar-refractivity contribution >= 4 is 30.9 Å². The summed E-state index contributed by atoms with van der Waals surface area (Å²) < 4.78 is 63.8. The van der Waals surface area contributed by atoms with Crippen LogP contribution in [0.1, 0.15) is 53.4 Å². The van der Waals surface area contributed by atoms with E-state index >= 15 is 17.6 Å². The first-order valence-corrected chi connectivity index (χ1v) is 18.3. The van der Waals surface area contributed by atoms with Crippen molar-refractivity contribution in [1.29, 1.82) is 0 Å². The molecule has 232 valence electrons. The molecule has 44 heavy (non-hydrogen) atoms. The molecule has 4 nitrogen and oxygen atoms in total. The fraction of sp³-hybridized carbons (Fsp3) is 0.353. The van der Waals surface area contributed by atoms with Gasteiger partial charge < -0.3 is 0 Å². The van der Waals surface area contributed by atoms with Crippen molar-refractivity contribution in [3.63, 3.8) is 0 Å². The van der Waals surface area contributed by atoms with Crippen LogP contribution in [0.2, 0.25) is 8.45 Å². The Balaban J connectivity index is 0.00000529. The molecule has 2 amide bonds. The van der Waals surface area contributed by atoms with Crippen LogP contribution >= 0.6 is 0 Å². The van der Waals surface area contributed by atoms with Gasteiger partial charge in [0.25, 0.3) is 0 Å². The van der Waals surface area contributed by atoms with Crippen LogP contribution in [0.4, 0.5) is 28.9 Å². The predicted molar refractivity (Wildman–Crippen MR) is 161 cm³/mol. The van der Waals surface area contributed by atoms with Crippen LogP contribution in [0, 0.1) is 35.1 Å². The standard InChI is InChI=1S/2C12H14F2NO.2C5H5.2Ti/c2*1-3-8(4-2)12(16)15-11-6-5-9(13)7-10(11)14;2*1-2-4-5-3-1;;/h2*5-6,8H,3-4H2,1-2H3,(H,15,16);2*1-5H;;. The third kappa shape index (κ3) is 6.69. The van der Waals surface area contributed by atoms with Crippen molar-refractivity contribution in [1.82, 2.24) is 0 Å². The van der Waals surface area contributed by atoms with Crippen LogP contribution in [0.3, 0.4) is 0 Å². The van der Waals surface area contributed by atoms with Crippen LogP contribution in [0.5, 0.6) is 0 Å². The quantitative estimate of drug-likeness (QED) is 0.177. The molecule has 0 atom stereocenters. The smallest absolute Gasteiger partial charge is 0 e. The molecule has 0 radical (unpaired) electrons. The summed E-state index contributed by atoms with van der Waals surface area (Å²) in [6.07, 6.45) is 15.8. The van der Waals surface area contributed by atoms with E-state index in [4.69, 9.17) is 0 Å². The minimum absolute atomic E-state index is 0. The Hall–Kier alpha value is -2.51. The van der Waals surface area contributed by atoms with E-state index in [-0.39, 0.29) is 44.9 Å². The van der Waals surface area contributed by atoms with Gasteiger partial charge in [-0.15, -0.1) is 0 Å². The molecule has 0 saturated heterocycles. The van der Waals surface area contributed by atoms with Crippen molar-refractivity contribution in [3.05, 3.63) is 96.1 Å². The molecular weight excluding hydrogens is 640 g/mol. The van der Waals surface area contributed by atoms with Crippen molar-refractivity contribution in [3.8, 4) is 0 Å². The van der Waals surface area contributed by atoms with Gasteiger partial charge >= 0.3 is 255 Å². The molecule has 0 bridgehead atoms. The van der Waals surface area contributed by atoms with Crippen molar-refractivity contribution in [2.24, 2.45) is 11.8 Å². The predicted octanol–water partition coefficient (Wildman–Crippen LogP) is 7.92. The third-order valence-electron chi connectivity index (χ3n) is 8.79. The van der Waals surface area contributed by atoms with Gasteiger partial charge in [0.1, 0.15) is 0 Å². The summed E-state index contributed by atoms with van der Waals surface area (Å²) in [6.45, 7) is 7.38. The van der Waals surface area contributed by atoms with Gasteiger partial charge in [-0.1, -0.05) is 0 Å². The molecule has 0 unspecified atom stereocenters. The number of carbonyl (C=O) groups excluding carboxylic acids is 2. The van der Waals surface area contributed by atoms with Crippen LogP contribution in [0.25, 0.3) is 0 Å². The van der Waals surface area contributed by atoms with Crippen LogP contribution in [0.15, 0.2) is 72.9 Å². The maximum absolute atomic E-state index is 16.8. The minimum Gasteiger partial charge on any atom is 0 e. The maximum atomic E-state index is 16.8. The average Bonchev–Trinajstić information content (AvgIpc) is 3.72. The van der Waals surface area contributed by atoms with Gasteiger partial charge in [-0.2, -0.15) is 0 Å². The molecule has 0 aliphatic heterocycles. The molecule has 0 spiro atoms. The Kier molecular flexibility index (Phi) is 12.8. The number of benzene rings is 2. The number of nitrogens with one attached hydrogen (secondary N) is 2. The molecule has 0 aromatic heterocycles. The van der Waals surface area contributed by atoms with Gasteiger partial charge in [0.2, 0.25) is 0 Å². The summed E-state index contributed by atoms with van der Waals surface area (Å²) in [4.78, 5) is 25.9. The SMILES string of the molecule is CCC(CC)C(=O)Nc1ccc(F)[c]([Ti]([c]2c(F)ccc(NC(=O)C(CC)CC)c2F)([CH]2C=CC=C2)[CH]2C=CC=C2)c1F.[Ti]. The van der Waals surface area contributed by atoms with Gasteiger partial charge in [-0.3, -0.25) is 0 Å². The first-order valence-electron chi connectivity index (χ1n) is 14.9. The Morgan fingerprint density at radius 3 is 1.25 bits per heavy atom. The molecule has 0 fully saturated rings. The molecule has 0 saturated carbocycles. The number of hydrogen-bond donors (Lipinski definition) is 2. The second-order valence-electron chi connectivity index (χ2n) is 11.0. The summed E-state index contributed by atoms with van der Waals surface area (Å²) in [7, 11) is 0. The fourth-order valence-electron chi connectivity index (χ4n) is 6.33. The number of allylic oxidation sites excluding steroid dienone is 8. The summed E-state index contributed by atoms with van der Waals surface area (Å²) in [5.41, 5.74) is -0.474. The van der Waals surface area contributed by atoms with E-state index in [1.807, 2.05) is 27.7 Å². The van der Waals surface area contributed by atoms with Crippen LogP contribution in [-0.2, 0) is 47.9 Å². The summed E-state index contributed by atoms with van der Waals surface area (Å²) in [5.74, 6) is -5.54. The number of amides is 2. The Morgan fingerprint density at radius 1 is 0.636 bits per heavy atom. The zero-order valence-corrected chi connectivity index (χ0v) is 28.5. The summed E-state index contributed by atoms with van der Waals surface area (Å²) in [6, 6.07) is 4.42. The molecule has 2 aromatic carbocycles. The minimum atomic E-state index is -5.05. The zero-order chi connectivity index (χ0) is 31.3. The van der Waals surface area contributed by atoms with Gasteiger partial charge in [-0.05, 0) is 0 Å². The molecule has 0 heterocycles. The second kappa shape index (κ2) is 15.7. The van der Waals surface area contributed by atoms with E-state index in [2.05, 4.69) is 10.6 Å². The van der Waals surface area contributed by atoms with E-state index in [1.165, 1.54) is 0 Å². The topological polar surface area (TPSA) is 58.2 Å². The summed E-state index contributed by atoms with van der Waals surface area (Å²) >= 11 is -5.05. The van der Waals surface area contributed by atoms with Crippen molar-refractivity contribution in [2.75, 3.05) is 10.6 Å². The van der Waals surface area contributed by atoms with Gasteiger partial charge in [0.05, 0.1) is 0 Å². The normalized spacial score (nSPS) is 14.6. The van der Waals surface area contributed by atoms with E-state index < -0.39 is 67.9 Å². The number of halogens is 4. The maximum Gasteiger partial charge on any atom is 0 e. The van der Waals surface area contributed by atoms with Gasteiger partial charge in [0, 0.05) is 21.7 Å². The van der Waals surface area contributed by atoms with Crippen molar-refractivity contribution in [2.45, 2.75) is 61.8 Å². The number of hydrogen-bond acceptors (Lipinski definition) is 2. The fourth-order valence-corrected chi connectivity index (χ4v) is 15.1. The Labute approximate surface area is 275 Å². The van der Waals surface area contributed by atoms with Crippen molar-refractivity contribution < 1.29 is 65.5 Å². The molecule has 2 aromatic rings. The monoisotopic (exact) mass is 678 g/mol. The van der Waals surface area contributed by atoms with E-state index in [1.54, 1.807) is 48.6 Å². The van der Waals surface area contributed by atoms with Crippen LogP contribution < -0.4 is 18.4 Å². The molecular formula is C34H38F4N2O2Ti2. The van der Waals surface area contributed by atoms with Crippen LogP contribution in [-0.4, -0.2) is 11.8 Å². The first-order chi connectivity index (χ1) is 20.6. The first kappa shape index (κ1) is 36.0. The summed E-state index contributed by atoms with van der Waals surface area (Å²) in [5, 5.41) is 5.22. The third-order valence-corrected chi connectivity index (χ3v) is 17.3. The molecule has 2 aliphatic rings. The zero-order valence-electron chi connectivity index (χ0n) is 25.4. The van der Waals surface area contributed by atoms with E-state index in [0.717, 1.165) is 24.3 Å². The Morgan fingerprint density at radius 2 is 0.955 bits per heavy atom. The number of carbonyl (C=O) groups is 2. The molecule has 10 heteroatoms. The van der Waals surface area contributed by atoms with Gasteiger partial charge in [0.15, 0.2) is 0 Å². The second-order valence-corrected chi connectivity index (χ2v) is 17.4. The van der Waals surface area contributed by atoms with E-state index in [0.29, 0.717) is 25.7 Å². The number of anilines is 2. The number of rotatable bonds is 12. The van der Waals surface area contributed by atoms with E-state index in [9.17, 15) is 9.59 Å². The molecule has 4 rings (SSSR count).